The molecule has 1 aromatic carbocycles. The first-order valence-corrected chi connectivity index (χ1v) is 5.05. The van der Waals surface area contributed by atoms with Gasteiger partial charge in [0, 0.05) is 0 Å². The Morgan fingerprint density at radius 2 is 2.07 bits per heavy atom. The van der Waals surface area contributed by atoms with E-state index < -0.39 is 0 Å². The lowest BCUT2D eigenvalue weighted by Gasteiger charge is -2.07. The summed E-state index contributed by atoms with van der Waals surface area (Å²) >= 11 is 0. The molecule has 0 aliphatic heterocycles. The molecule has 0 radical (unpaired) electrons. The van der Waals surface area contributed by atoms with Crippen molar-refractivity contribution in [1.29, 1.82) is 0 Å². The van der Waals surface area contributed by atoms with E-state index in [1.54, 1.807) is 6.07 Å². The summed E-state index contributed by atoms with van der Waals surface area (Å²) in [5, 5.41) is 0. The van der Waals surface area contributed by atoms with Crippen LogP contribution in [0.1, 0.15) is 36.5 Å². The Hall–Kier alpha value is -1.31. The lowest BCUT2D eigenvalue weighted by Crippen LogP contribution is -1.99. The minimum absolute atomic E-state index is 0.629. The summed E-state index contributed by atoms with van der Waals surface area (Å²) in [5.41, 5.74) is 0.629. The SMILES string of the molecule is CCCCCOc1ccccc1C=O. The van der Waals surface area contributed by atoms with Crippen molar-refractivity contribution in [1.82, 2.24) is 0 Å². The zero-order valence-electron chi connectivity index (χ0n) is 8.53. The average Bonchev–Trinajstić information content (AvgIpc) is 2.25. The summed E-state index contributed by atoms with van der Waals surface area (Å²) < 4.78 is 5.50. The fourth-order valence-electron chi connectivity index (χ4n) is 1.24. The van der Waals surface area contributed by atoms with E-state index in [9.17, 15) is 4.79 Å². The van der Waals surface area contributed by atoms with Gasteiger partial charge in [-0.05, 0) is 18.6 Å². The number of ether oxygens (including phenoxy) is 1. The third-order valence-corrected chi connectivity index (χ3v) is 2.05. The molecule has 0 spiro atoms. The van der Waals surface area contributed by atoms with Gasteiger partial charge in [-0.15, -0.1) is 0 Å². The van der Waals surface area contributed by atoms with Crippen LogP contribution in [-0.2, 0) is 0 Å². The highest BCUT2D eigenvalue weighted by molar-refractivity contribution is 5.79. The van der Waals surface area contributed by atoms with Crippen molar-refractivity contribution in [3.05, 3.63) is 29.8 Å². The highest BCUT2D eigenvalue weighted by atomic mass is 16.5. The van der Waals surface area contributed by atoms with E-state index in [0.717, 1.165) is 12.7 Å². The second-order valence-electron chi connectivity index (χ2n) is 3.21. The predicted octanol–water partition coefficient (Wildman–Crippen LogP) is 3.07. The summed E-state index contributed by atoms with van der Waals surface area (Å²) in [4.78, 5) is 10.6. The molecule has 2 heteroatoms. The van der Waals surface area contributed by atoms with Crippen LogP contribution in [0.2, 0.25) is 0 Å². The van der Waals surface area contributed by atoms with Crippen LogP contribution in [0.5, 0.6) is 5.75 Å². The number of carbonyl (C=O) groups is 1. The van der Waals surface area contributed by atoms with Crippen LogP contribution in [0.3, 0.4) is 0 Å². The lowest BCUT2D eigenvalue weighted by molar-refractivity contribution is 0.111. The molecule has 2 nitrogen and oxygen atoms in total. The molecule has 0 saturated heterocycles. The van der Waals surface area contributed by atoms with Gasteiger partial charge in [0.05, 0.1) is 12.2 Å². The summed E-state index contributed by atoms with van der Waals surface area (Å²) in [6.45, 7) is 2.85. The Kier molecular flexibility index (Phi) is 4.76. The molecule has 0 N–H and O–H groups in total. The molecular formula is C12H16O2. The zero-order valence-corrected chi connectivity index (χ0v) is 8.53. The Labute approximate surface area is 84.9 Å². The molecule has 76 valence electrons. The maximum Gasteiger partial charge on any atom is 0.153 e. The third-order valence-electron chi connectivity index (χ3n) is 2.05. The van der Waals surface area contributed by atoms with Crippen LogP contribution in [-0.4, -0.2) is 12.9 Å². The molecule has 14 heavy (non-hydrogen) atoms. The summed E-state index contributed by atoms with van der Waals surface area (Å²) in [6.07, 6.45) is 4.22. The average molecular weight is 192 g/mol. The van der Waals surface area contributed by atoms with Crippen LogP contribution in [0.4, 0.5) is 0 Å². The van der Waals surface area contributed by atoms with Gasteiger partial charge in [0.2, 0.25) is 0 Å². The van der Waals surface area contributed by atoms with Crippen molar-refractivity contribution >= 4 is 6.29 Å². The number of unbranched alkanes of at least 4 members (excludes halogenated alkanes) is 2. The standard InChI is InChI=1S/C12H16O2/c1-2-3-6-9-14-12-8-5-4-7-11(12)10-13/h4-5,7-8,10H,2-3,6,9H2,1H3. The first-order chi connectivity index (χ1) is 6.88. The van der Waals surface area contributed by atoms with Gasteiger partial charge >= 0.3 is 0 Å². The molecule has 0 unspecified atom stereocenters. The molecule has 0 fully saturated rings. The van der Waals surface area contributed by atoms with Crippen LogP contribution < -0.4 is 4.74 Å². The molecule has 0 aromatic heterocycles. The molecule has 0 amide bonds. The Bertz CT molecular complexity index is 281. The minimum Gasteiger partial charge on any atom is -0.493 e. The number of rotatable bonds is 6. The lowest BCUT2D eigenvalue weighted by atomic mass is 10.2. The topological polar surface area (TPSA) is 26.3 Å². The smallest absolute Gasteiger partial charge is 0.153 e. The van der Waals surface area contributed by atoms with Crippen molar-refractivity contribution in [2.75, 3.05) is 6.61 Å². The van der Waals surface area contributed by atoms with Crippen LogP contribution >= 0.6 is 0 Å². The highest BCUT2D eigenvalue weighted by Gasteiger charge is 1.99. The van der Waals surface area contributed by atoms with E-state index in [0.29, 0.717) is 17.9 Å². The van der Waals surface area contributed by atoms with Crippen LogP contribution in [0.25, 0.3) is 0 Å². The molecule has 0 atom stereocenters. The van der Waals surface area contributed by atoms with Crippen molar-refractivity contribution in [2.24, 2.45) is 0 Å². The minimum atomic E-state index is 0.629. The summed E-state index contributed by atoms with van der Waals surface area (Å²) in [6, 6.07) is 7.31. The van der Waals surface area contributed by atoms with E-state index in [4.69, 9.17) is 4.74 Å². The zero-order chi connectivity index (χ0) is 10.2. The first kappa shape index (κ1) is 10.8. The molecule has 0 saturated carbocycles. The van der Waals surface area contributed by atoms with Crippen molar-refractivity contribution < 1.29 is 9.53 Å². The van der Waals surface area contributed by atoms with Gasteiger partial charge in [0.15, 0.2) is 6.29 Å². The monoisotopic (exact) mass is 192 g/mol. The predicted molar refractivity (Wildman–Crippen MR) is 56.8 cm³/mol. The number of carbonyl (C=O) groups excluding carboxylic acids is 1. The molecule has 0 bridgehead atoms. The number of aldehydes is 1. The maximum absolute atomic E-state index is 10.6. The van der Waals surface area contributed by atoms with Gasteiger partial charge in [-0.25, -0.2) is 0 Å². The number of hydrogen-bond acceptors (Lipinski definition) is 2. The quantitative estimate of drug-likeness (QED) is 0.511. The molecule has 0 aliphatic carbocycles. The van der Waals surface area contributed by atoms with Gasteiger partial charge in [0.1, 0.15) is 5.75 Å². The second-order valence-corrected chi connectivity index (χ2v) is 3.21. The molecule has 0 aliphatic rings. The Morgan fingerprint density at radius 3 is 2.79 bits per heavy atom. The first-order valence-electron chi connectivity index (χ1n) is 5.05. The molecule has 1 rings (SSSR count). The van der Waals surface area contributed by atoms with E-state index in [2.05, 4.69) is 6.92 Å². The van der Waals surface area contributed by atoms with Crippen molar-refractivity contribution in [2.45, 2.75) is 26.2 Å². The van der Waals surface area contributed by atoms with Crippen molar-refractivity contribution in [3.63, 3.8) is 0 Å². The van der Waals surface area contributed by atoms with Gasteiger partial charge in [0.25, 0.3) is 0 Å². The van der Waals surface area contributed by atoms with E-state index in [1.807, 2.05) is 18.2 Å². The van der Waals surface area contributed by atoms with Crippen LogP contribution in [0, 0.1) is 0 Å². The summed E-state index contributed by atoms with van der Waals surface area (Å²) in [5.74, 6) is 0.693. The second kappa shape index (κ2) is 6.19. The van der Waals surface area contributed by atoms with Gasteiger partial charge in [-0.2, -0.15) is 0 Å². The third kappa shape index (κ3) is 3.21. The Balaban J connectivity index is 2.45. The largest absolute Gasteiger partial charge is 0.493 e. The number of para-hydroxylation sites is 1. The normalized spacial score (nSPS) is 9.79. The maximum atomic E-state index is 10.6. The van der Waals surface area contributed by atoms with Gasteiger partial charge in [-0.1, -0.05) is 31.9 Å². The Morgan fingerprint density at radius 1 is 1.29 bits per heavy atom. The number of hydrogen-bond donors (Lipinski definition) is 0. The van der Waals surface area contributed by atoms with E-state index in [1.165, 1.54) is 12.8 Å². The fraction of sp³-hybridized carbons (Fsp3) is 0.417. The highest BCUT2D eigenvalue weighted by Crippen LogP contribution is 2.15. The molecule has 1 aromatic rings. The summed E-state index contributed by atoms with van der Waals surface area (Å²) in [7, 11) is 0. The number of benzene rings is 1. The van der Waals surface area contributed by atoms with E-state index in [-0.39, 0.29) is 0 Å². The van der Waals surface area contributed by atoms with Gasteiger partial charge < -0.3 is 4.74 Å². The van der Waals surface area contributed by atoms with Gasteiger partial charge in [-0.3, -0.25) is 4.79 Å². The molecular weight excluding hydrogens is 176 g/mol. The fourth-order valence-corrected chi connectivity index (χ4v) is 1.24. The van der Waals surface area contributed by atoms with Crippen LogP contribution in [0.15, 0.2) is 24.3 Å². The molecule has 0 heterocycles. The van der Waals surface area contributed by atoms with Crippen molar-refractivity contribution in [3.8, 4) is 5.75 Å². The van der Waals surface area contributed by atoms with E-state index >= 15 is 0 Å².